The van der Waals surface area contributed by atoms with Gasteiger partial charge in [0.15, 0.2) is 0 Å². The Bertz CT molecular complexity index is 849. The van der Waals surface area contributed by atoms with Gasteiger partial charge in [0, 0.05) is 19.2 Å². The van der Waals surface area contributed by atoms with E-state index >= 15 is 0 Å². The van der Waals surface area contributed by atoms with Gasteiger partial charge in [0.1, 0.15) is 0 Å². The molecule has 3 rings (SSSR count). The van der Waals surface area contributed by atoms with E-state index in [4.69, 9.17) is 0 Å². The summed E-state index contributed by atoms with van der Waals surface area (Å²) in [6.07, 6.45) is 0.697. The Morgan fingerprint density at radius 2 is 1.83 bits per heavy atom. The SMILES string of the molecule is CC(=O)Nc1cccc(NS(=O)(=O)N2CCc3ccccc32)c1. The molecular formula is C16H17N3O3S. The lowest BCUT2D eigenvalue weighted by Crippen LogP contribution is -2.34. The minimum atomic E-state index is -3.70. The molecule has 0 unspecified atom stereocenters. The fourth-order valence-electron chi connectivity index (χ4n) is 2.63. The molecule has 0 aromatic heterocycles. The van der Waals surface area contributed by atoms with Crippen LogP contribution in [0.1, 0.15) is 12.5 Å². The molecule has 6 nitrogen and oxygen atoms in total. The number of fused-ring (bicyclic) bond motifs is 1. The van der Waals surface area contributed by atoms with Crippen LogP contribution in [0.15, 0.2) is 48.5 Å². The van der Waals surface area contributed by atoms with E-state index in [0.29, 0.717) is 30.0 Å². The maximum absolute atomic E-state index is 12.6. The predicted molar refractivity (Wildman–Crippen MR) is 90.8 cm³/mol. The minimum Gasteiger partial charge on any atom is -0.326 e. The zero-order chi connectivity index (χ0) is 16.4. The van der Waals surface area contributed by atoms with Crippen LogP contribution in [0, 0.1) is 0 Å². The highest BCUT2D eigenvalue weighted by Gasteiger charge is 2.29. The van der Waals surface area contributed by atoms with Gasteiger partial charge in [-0.1, -0.05) is 24.3 Å². The van der Waals surface area contributed by atoms with Gasteiger partial charge >= 0.3 is 10.2 Å². The van der Waals surface area contributed by atoms with Crippen LogP contribution in [0.5, 0.6) is 0 Å². The summed E-state index contributed by atoms with van der Waals surface area (Å²) in [6.45, 7) is 1.82. The largest absolute Gasteiger partial charge is 0.326 e. The van der Waals surface area contributed by atoms with E-state index in [0.717, 1.165) is 5.56 Å². The maximum atomic E-state index is 12.6. The van der Waals surface area contributed by atoms with Crippen LogP contribution in [0.3, 0.4) is 0 Å². The number of nitrogens with one attached hydrogen (secondary N) is 2. The average Bonchev–Trinajstić information content (AvgIpc) is 2.91. The van der Waals surface area contributed by atoms with Crippen LogP contribution in [0.2, 0.25) is 0 Å². The lowest BCUT2D eigenvalue weighted by molar-refractivity contribution is -0.114. The lowest BCUT2D eigenvalue weighted by atomic mass is 10.2. The van der Waals surface area contributed by atoms with Crippen molar-refractivity contribution in [3.8, 4) is 0 Å². The molecule has 0 spiro atoms. The number of anilines is 3. The van der Waals surface area contributed by atoms with E-state index in [1.54, 1.807) is 30.3 Å². The highest BCUT2D eigenvalue weighted by molar-refractivity contribution is 7.94. The van der Waals surface area contributed by atoms with Crippen molar-refractivity contribution < 1.29 is 13.2 Å². The first-order chi connectivity index (χ1) is 11.0. The number of para-hydroxylation sites is 1. The van der Waals surface area contributed by atoms with Crippen molar-refractivity contribution >= 4 is 33.2 Å². The molecule has 0 saturated heterocycles. The summed E-state index contributed by atoms with van der Waals surface area (Å²) < 4.78 is 29.2. The highest BCUT2D eigenvalue weighted by atomic mass is 32.2. The van der Waals surface area contributed by atoms with E-state index in [-0.39, 0.29) is 5.91 Å². The first-order valence-electron chi connectivity index (χ1n) is 7.22. The number of nitrogens with zero attached hydrogens (tertiary/aromatic N) is 1. The quantitative estimate of drug-likeness (QED) is 0.903. The van der Waals surface area contributed by atoms with E-state index in [1.165, 1.54) is 11.2 Å². The number of hydrogen-bond donors (Lipinski definition) is 2. The third kappa shape index (κ3) is 3.29. The number of amides is 1. The highest BCUT2D eigenvalue weighted by Crippen LogP contribution is 2.30. The molecule has 0 radical (unpaired) electrons. The van der Waals surface area contributed by atoms with Crippen molar-refractivity contribution in [1.82, 2.24) is 0 Å². The standard InChI is InChI=1S/C16H17N3O3S/c1-12(20)17-14-6-4-7-15(11-14)18-23(21,22)19-10-9-13-5-2-3-8-16(13)19/h2-8,11,18H,9-10H2,1H3,(H,17,20). The van der Waals surface area contributed by atoms with Crippen LogP contribution >= 0.6 is 0 Å². The molecule has 2 N–H and O–H groups in total. The van der Waals surface area contributed by atoms with Crippen LogP contribution < -0.4 is 14.3 Å². The van der Waals surface area contributed by atoms with E-state index in [1.807, 2.05) is 18.2 Å². The molecule has 1 aliphatic heterocycles. The van der Waals surface area contributed by atoms with Crippen LogP contribution in [0.25, 0.3) is 0 Å². The summed E-state index contributed by atoms with van der Waals surface area (Å²) in [6, 6.07) is 14.1. The lowest BCUT2D eigenvalue weighted by Gasteiger charge is -2.20. The monoisotopic (exact) mass is 331 g/mol. The van der Waals surface area contributed by atoms with E-state index in [2.05, 4.69) is 10.0 Å². The molecule has 2 aromatic carbocycles. The molecule has 0 fully saturated rings. The smallest absolute Gasteiger partial charge is 0.323 e. The second kappa shape index (κ2) is 5.92. The number of hydrogen-bond acceptors (Lipinski definition) is 3. The third-order valence-electron chi connectivity index (χ3n) is 3.56. The summed E-state index contributed by atoms with van der Waals surface area (Å²) in [7, 11) is -3.70. The van der Waals surface area contributed by atoms with Crippen LogP contribution in [-0.4, -0.2) is 20.9 Å². The Labute approximate surface area is 135 Å². The molecule has 1 heterocycles. The summed E-state index contributed by atoms with van der Waals surface area (Å²) in [5, 5.41) is 2.63. The van der Waals surface area contributed by atoms with Gasteiger partial charge in [-0.05, 0) is 36.2 Å². The van der Waals surface area contributed by atoms with Crippen LogP contribution in [0.4, 0.5) is 17.1 Å². The summed E-state index contributed by atoms with van der Waals surface area (Å²) >= 11 is 0. The topological polar surface area (TPSA) is 78.5 Å². The fraction of sp³-hybridized carbons (Fsp3) is 0.188. The first-order valence-corrected chi connectivity index (χ1v) is 8.66. The van der Waals surface area contributed by atoms with E-state index < -0.39 is 10.2 Å². The number of rotatable bonds is 4. The molecule has 0 saturated carbocycles. The zero-order valence-corrected chi connectivity index (χ0v) is 13.4. The van der Waals surface area contributed by atoms with Gasteiger partial charge in [-0.2, -0.15) is 8.42 Å². The van der Waals surface area contributed by atoms with Gasteiger partial charge in [0.2, 0.25) is 5.91 Å². The van der Waals surface area contributed by atoms with Crippen molar-refractivity contribution in [3.63, 3.8) is 0 Å². The molecule has 120 valence electrons. The van der Waals surface area contributed by atoms with Gasteiger partial charge in [-0.25, -0.2) is 0 Å². The molecule has 2 aromatic rings. The van der Waals surface area contributed by atoms with Gasteiger partial charge in [-0.3, -0.25) is 13.8 Å². The van der Waals surface area contributed by atoms with Crippen molar-refractivity contribution in [2.45, 2.75) is 13.3 Å². The zero-order valence-electron chi connectivity index (χ0n) is 12.6. The Morgan fingerprint density at radius 3 is 2.61 bits per heavy atom. The van der Waals surface area contributed by atoms with Crippen molar-refractivity contribution in [3.05, 3.63) is 54.1 Å². The summed E-state index contributed by atoms with van der Waals surface area (Å²) in [5.74, 6) is -0.210. The maximum Gasteiger partial charge on any atom is 0.323 e. The second-order valence-electron chi connectivity index (χ2n) is 5.32. The number of carbonyl (C=O) groups is 1. The van der Waals surface area contributed by atoms with Crippen molar-refractivity contribution in [2.24, 2.45) is 0 Å². The molecule has 0 bridgehead atoms. The average molecular weight is 331 g/mol. The molecule has 0 atom stereocenters. The van der Waals surface area contributed by atoms with Gasteiger partial charge in [-0.15, -0.1) is 0 Å². The molecule has 0 aliphatic carbocycles. The molecule has 1 aliphatic rings. The Hall–Kier alpha value is -2.54. The second-order valence-corrected chi connectivity index (χ2v) is 6.91. The van der Waals surface area contributed by atoms with Crippen molar-refractivity contribution in [1.29, 1.82) is 0 Å². The predicted octanol–water partition coefficient (Wildman–Crippen LogP) is 2.36. The molecular weight excluding hydrogens is 314 g/mol. The molecule has 1 amide bonds. The number of carbonyl (C=O) groups excluding carboxylic acids is 1. The first kappa shape index (κ1) is 15.4. The Kier molecular flexibility index (Phi) is 3.96. The van der Waals surface area contributed by atoms with Gasteiger partial charge in [0.05, 0.1) is 11.4 Å². The summed E-state index contributed by atoms with van der Waals surface area (Å²) in [4.78, 5) is 11.1. The fourth-order valence-corrected chi connectivity index (χ4v) is 3.93. The number of benzene rings is 2. The van der Waals surface area contributed by atoms with Gasteiger partial charge in [0.25, 0.3) is 0 Å². The Morgan fingerprint density at radius 1 is 1.09 bits per heavy atom. The third-order valence-corrected chi connectivity index (χ3v) is 5.02. The van der Waals surface area contributed by atoms with Crippen LogP contribution in [-0.2, 0) is 21.4 Å². The normalized spacial score (nSPS) is 13.5. The molecule has 23 heavy (non-hydrogen) atoms. The minimum absolute atomic E-state index is 0.210. The van der Waals surface area contributed by atoms with E-state index in [9.17, 15) is 13.2 Å². The Balaban J connectivity index is 1.84. The van der Waals surface area contributed by atoms with Gasteiger partial charge < -0.3 is 5.32 Å². The molecule has 7 heteroatoms. The summed E-state index contributed by atoms with van der Waals surface area (Å²) in [5.41, 5.74) is 2.67. The van der Waals surface area contributed by atoms with Crippen molar-refractivity contribution in [2.75, 3.05) is 20.9 Å².